The number of carbonyl (C=O) groups is 1. The lowest BCUT2D eigenvalue weighted by atomic mass is 9.74. The van der Waals surface area contributed by atoms with E-state index in [1.807, 2.05) is 32.9 Å². The molecule has 6 rings (SSSR count). The number of ether oxygens (including phenoxy) is 1. The molecule has 0 bridgehead atoms. The lowest BCUT2D eigenvalue weighted by Crippen LogP contribution is -2.45. The summed E-state index contributed by atoms with van der Waals surface area (Å²) in [6, 6.07) is 7.15. The Hall–Kier alpha value is -4.33. The number of nitrogens with zero attached hydrogens (tertiary/aromatic N) is 1. The molecule has 3 aromatic carbocycles. The first-order valence-electron chi connectivity index (χ1n) is 15.1. The number of rotatable bonds is 4. The first kappa shape index (κ1) is 30.7. The van der Waals surface area contributed by atoms with Gasteiger partial charge in [-0.05, 0) is 81.2 Å². The molecular weight excluding hydrogens is 582 g/mol. The van der Waals surface area contributed by atoms with Gasteiger partial charge in [0.2, 0.25) is 0 Å². The highest BCUT2D eigenvalue weighted by Gasteiger charge is 2.37. The molecule has 0 saturated carbocycles. The van der Waals surface area contributed by atoms with E-state index in [1.54, 1.807) is 12.1 Å². The molecule has 234 valence electrons. The van der Waals surface area contributed by atoms with Gasteiger partial charge >= 0.3 is 5.97 Å². The molecule has 0 aromatic heterocycles. The van der Waals surface area contributed by atoms with E-state index in [-0.39, 0.29) is 38.8 Å². The summed E-state index contributed by atoms with van der Waals surface area (Å²) in [6.45, 7) is 17.0. The van der Waals surface area contributed by atoms with Crippen LogP contribution in [0.25, 0.3) is 22.3 Å². The van der Waals surface area contributed by atoms with Crippen molar-refractivity contribution in [3.05, 3.63) is 97.9 Å². The van der Waals surface area contributed by atoms with Crippen LogP contribution >= 0.6 is 0 Å². The van der Waals surface area contributed by atoms with Crippen molar-refractivity contribution in [2.24, 2.45) is 5.41 Å². The van der Waals surface area contributed by atoms with Gasteiger partial charge in [0.15, 0.2) is 23.3 Å². The molecule has 8 heteroatoms. The average molecular weight is 618 g/mol. The molecular formula is C37H35F4NO3. The Balaban J connectivity index is 1.85. The highest BCUT2D eigenvalue weighted by Crippen LogP contribution is 2.48. The molecule has 1 N–H and O–H groups in total. The molecule has 0 fully saturated rings. The molecule has 0 spiro atoms. The fourth-order valence-electron chi connectivity index (χ4n) is 7.70. The van der Waals surface area contributed by atoms with E-state index in [4.69, 9.17) is 4.74 Å². The zero-order valence-electron chi connectivity index (χ0n) is 26.6. The van der Waals surface area contributed by atoms with Gasteiger partial charge in [0.05, 0.1) is 5.54 Å². The molecule has 3 aliphatic rings. The molecule has 2 aliphatic heterocycles. The second-order valence-corrected chi connectivity index (χ2v) is 13.2. The van der Waals surface area contributed by atoms with Crippen LogP contribution in [-0.2, 0) is 0 Å². The minimum Gasteiger partial charge on any atom is -0.478 e. The van der Waals surface area contributed by atoms with Gasteiger partial charge in [0.1, 0.15) is 17.1 Å². The van der Waals surface area contributed by atoms with Crippen LogP contribution in [0.2, 0.25) is 0 Å². The van der Waals surface area contributed by atoms with Crippen molar-refractivity contribution in [3.8, 4) is 11.5 Å². The Morgan fingerprint density at radius 2 is 1.44 bits per heavy atom. The van der Waals surface area contributed by atoms with Crippen molar-refractivity contribution >= 4 is 33.9 Å². The number of fused-ring (bicyclic) bond motifs is 4. The summed E-state index contributed by atoms with van der Waals surface area (Å²) in [5.74, 6) is -9.40. The van der Waals surface area contributed by atoms with Crippen LogP contribution in [0.15, 0.2) is 36.4 Å². The van der Waals surface area contributed by atoms with Gasteiger partial charge in [-0.25, -0.2) is 22.4 Å². The number of aromatic carboxylic acids is 1. The first-order valence-corrected chi connectivity index (χ1v) is 15.1. The van der Waals surface area contributed by atoms with Gasteiger partial charge in [-0.3, -0.25) is 0 Å². The zero-order chi connectivity index (χ0) is 32.9. The zero-order valence-corrected chi connectivity index (χ0v) is 26.6. The van der Waals surface area contributed by atoms with E-state index >= 15 is 8.78 Å². The third-order valence-corrected chi connectivity index (χ3v) is 9.46. The van der Waals surface area contributed by atoms with Crippen LogP contribution in [-0.4, -0.2) is 23.2 Å². The maximum absolute atomic E-state index is 16.0. The average Bonchev–Trinajstić information content (AvgIpc) is 2.94. The predicted octanol–water partition coefficient (Wildman–Crippen LogP) is 8.32. The Bertz CT molecular complexity index is 2050. The smallest absolute Gasteiger partial charge is 0.339 e. The summed E-state index contributed by atoms with van der Waals surface area (Å²) >= 11 is 0. The number of allylic oxidation sites excluding steroid dienone is 3. The van der Waals surface area contributed by atoms with E-state index in [1.165, 1.54) is 0 Å². The Morgan fingerprint density at radius 3 is 2.07 bits per heavy atom. The molecule has 2 heterocycles. The maximum Gasteiger partial charge on any atom is 0.339 e. The Kier molecular flexibility index (Phi) is 6.88. The van der Waals surface area contributed by atoms with E-state index in [0.29, 0.717) is 6.54 Å². The number of benzene rings is 3. The number of carboxylic acid groups (broad SMARTS) is 1. The van der Waals surface area contributed by atoms with Crippen LogP contribution < -0.4 is 20.1 Å². The number of hydrogen-bond donors (Lipinski definition) is 1. The highest BCUT2D eigenvalue weighted by atomic mass is 19.2. The lowest BCUT2D eigenvalue weighted by Gasteiger charge is -2.43. The largest absolute Gasteiger partial charge is 0.478 e. The summed E-state index contributed by atoms with van der Waals surface area (Å²) in [4.78, 5) is 14.6. The molecule has 4 nitrogen and oxygen atoms in total. The van der Waals surface area contributed by atoms with E-state index < -0.39 is 40.4 Å². The fourth-order valence-corrected chi connectivity index (χ4v) is 7.70. The van der Waals surface area contributed by atoms with Crippen molar-refractivity contribution in [1.29, 1.82) is 0 Å². The molecule has 45 heavy (non-hydrogen) atoms. The minimum atomic E-state index is -2.18. The molecule has 1 aliphatic carbocycles. The SMILES string of the molecule is CCC1=c2cc3c(cc2C(C)=CC1(C)C)=C(c1c(F)c(F)c(F)c(F)c1C(=O)O)c1cc2c(cc1O3)N(CC)C(C)(C)C=C2C. The van der Waals surface area contributed by atoms with Crippen LogP contribution in [0.4, 0.5) is 23.2 Å². The van der Waals surface area contributed by atoms with Crippen molar-refractivity contribution in [3.63, 3.8) is 0 Å². The summed E-state index contributed by atoms with van der Waals surface area (Å²) in [5.41, 5.74) is 2.82. The minimum absolute atomic E-state index is 0.0825. The van der Waals surface area contributed by atoms with Gasteiger partial charge in [0, 0.05) is 51.2 Å². The summed E-state index contributed by atoms with van der Waals surface area (Å²) in [7, 11) is 0. The van der Waals surface area contributed by atoms with Crippen molar-refractivity contribution in [1.82, 2.24) is 0 Å². The van der Waals surface area contributed by atoms with Gasteiger partial charge in [-0.15, -0.1) is 0 Å². The third-order valence-electron chi connectivity index (χ3n) is 9.46. The Morgan fingerprint density at radius 1 is 0.800 bits per heavy atom. The topological polar surface area (TPSA) is 49.8 Å². The first-order chi connectivity index (χ1) is 21.0. The number of halogens is 4. The van der Waals surface area contributed by atoms with Crippen molar-refractivity contribution < 1.29 is 32.2 Å². The van der Waals surface area contributed by atoms with Crippen LogP contribution in [0, 0.1) is 28.7 Å². The summed E-state index contributed by atoms with van der Waals surface area (Å²) in [6.07, 6.45) is 4.96. The number of hydrogen-bond acceptors (Lipinski definition) is 3. The van der Waals surface area contributed by atoms with Crippen molar-refractivity contribution in [2.75, 3.05) is 11.4 Å². The fraction of sp³-hybridized carbons (Fsp3) is 0.324. The Labute approximate surface area is 259 Å². The monoisotopic (exact) mass is 617 g/mol. The second-order valence-electron chi connectivity index (χ2n) is 13.2. The highest BCUT2D eigenvalue weighted by molar-refractivity contribution is 6.00. The van der Waals surface area contributed by atoms with Crippen LogP contribution in [0.5, 0.6) is 11.5 Å². The second kappa shape index (κ2) is 10.1. The molecule has 0 unspecified atom stereocenters. The van der Waals surface area contributed by atoms with Gasteiger partial charge in [-0.1, -0.05) is 38.5 Å². The third kappa shape index (κ3) is 4.36. The van der Waals surface area contributed by atoms with E-state index in [9.17, 15) is 18.7 Å². The van der Waals surface area contributed by atoms with Crippen LogP contribution in [0.3, 0.4) is 0 Å². The maximum atomic E-state index is 16.0. The molecule has 0 atom stereocenters. The van der Waals surface area contributed by atoms with Gasteiger partial charge in [-0.2, -0.15) is 0 Å². The van der Waals surface area contributed by atoms with Crippen LogP contribution in [0.1, 0.15) is 94.4 Å². The predicted molar refractivity (Wildman–Crippen MR) is 169 cm³/mol. The van der Waals surface area contributed by atoms with Gasteiger partial charge in [0.25, 0.3) is 0 Å². The molecule has 0 saturated heterocycles. The molecule has 0 radical (unpaired) electrons. The van der Waals surface area contributed by atoms with E-state index in [0.717, 1.165) is 45.2 Å². The quantitative estimate of drug-likeness (QED) is 0.142. The number of likely N-dealkylation sites (N-methyl/N-ethyl adjacent to an activating group) is 1. The number of carboxylic acids is 1. The molecule has 0 amide bonds. The van der Waals surface area contributed by atoms with Gasteiger partial charge < -0.3 is 14.7 Å². The van der Waals surface area contributed by atoms with E-state index in [2.05, 4.69) is 51.7 Å². The summed E-state index contributed by atoms with van der Waals surface area (Å²) in [5, 5.41) is 11.2. The summed E-state index contributed by atoms with van der Waals surface area (Å²) < 4.78 is 67.3. The normalized spacial score (nSPS) is 17.5. The number of anilines is 1. The standard InChI is InChI=1S/C37H35F4NO3/c1-9-24-21-13-26-22(11-19(21)17(3)15-36(24,5)6)28(29-30(35(43)44)32(39)34(41)33(40)31(29)38)23-12-20-18(4)16-37(7,8)42(10-2)25(20)14-27(23)45-26/h11-16H,9-10H2,1-8H3,(H,43,44). The molecule has 3 aromatic rings. The lowest BCUT2D eigenvalue weighted by molar-refractivity contribution is 0.0689. The van der Waals surface area contributed by atoms with Crippen molar-refractivity contribution in [2.45, 2.75) is 67.3 Å².